The van der Waals surface area contributed by atoms with E-state index in [1.807, 2.05) is 34.6 Å². The van der Waals surface area contributed by atoms with E-state index < -0.39 is 5.97 Å². The number of piperazine rings is 1. The Morgan fingerprint density at radius 1 is 1.16 bits per heavy atom. The molecule has 3 amide bonds. The number of amides is 3. The van der Waals surface area contributed by atoms with Crippen LogP contribution in [0.1, 0.15) is 80.3 Å². The smallest absolute Gasteiger partial charge is 0.342 e. The minimum absolute atomic E-state index is 0.0780. The first-order chi connectivity index (χ1) is 14.5. The molecule has 1 N–H and O–H groups in total. The number of ether oxygens (including phenoxy) is 1. The van der Waals surface area contributed by atoms with Gasteiger partial charge in [-0.15, -0.1) is 0 Å². The molecule has 2 heterocycles. The van der Waals surface area contributed by atoms with Crippen LogP contribution >= 0.6 is 0 Å². The van der Waals surface area contributed by atoms with Crippen molar-refractivity contribution < 1.29 is 19.1 Å². The number of hydrogen-bond donors (Lipinski definition) is 1. The van der Waals surface area contributed by atoms with Crippen molar-refractivity contribution in [2.45, 2.75) is 72.9 Å². The van der Waals surface area contributed by atoms with E-state index in [0.29, 0.717) is 37.6 Å². The summed E-state index contributed by atoms with van der Waals surface area (Å²) in [5.74, 6) is -0.477. The molecule has 172 valence electrons. The van der Waals surface area contributed by atoms with Gasteiger partial charge in [-0.3, -0.25) is 4.79 Å². The molecule has 0 spiro atoms. The lowest BCUT2D eigenvalue weighted by molar-refractivity contribution is 0.0499. The highest BCUT2D eigenvalue weighted by Crippen LogP contribution is 2.20. The number of aryl methyl sites for hydroxylation is 2. The van der Waals surface area contributed by atoms with Gasteiger partial charge in [-0.1, -0.05) is 13.3 Å². The van der Waals surface area contributed by atoms with Gasteiger partial charge < -0.3 is 19.9 Å². The van der Waals surface area contributed by atoms with Crippen LogP contribution in [0.3, 0.4) is 0 Å². The Labute approximate surface area is 184 Å². The second-order valence-corrected chi connectivity index (χ2v) is 8.89. The largest absolute Gasteiger partial charge is 0.462 e. The summed E-state index contributed by atoms with van der Waals surface area (Å²) in [7, 11) is 0. The fourth-order valence-electron chi connectivity index (χ4n) is 3.61. The highest BCUT2D eigenvalue weighted by Gasteiger charge is 2.34. The van der Waals surface area contributed by atoms with Gasteiger partial charge in [-0.2, -0.15) is 0 Å². The van der Waals surface area contributed by atoms with Crippen molar-refractivity contribution in [3.05, 3.63) is 22.8 Å². The number of carbonyl (C=O) groups is 3. The number of nitrogens with zero attached hydrogens (tertiary/aromatic N) is 4. The summed E-state index contributed by atoms with van der Waals surface area (Å²) in [6, 6.07) is -0.327. The molecule has 1 aliphatic rings. The summed E-state index contributed by atoms with van der Waals surface area (Å²) in [5, 5.41) is 2.96. The zero-order valence-electron chi connectivity index (χ0n) is 19.7. The van der Waals surface area contributed by atoms with Crippen LogP contribution < -0.4 is 5.32 Å². The Bertz CT molecular complexity index is 834. The van der Waals surface area contributed by atoms with Crippen molar-refractivity contribution in [3.8, 4) is 0 Å². The van der Waals surface area contributed by atoms with Crippen LogP contribution in [0.4, 0.5) is 4.79 Å². The summed E-state index contributed by atoms with van der Waals surface area (Å²) in [5.41, 5.74) is 0.425. The quantitative estimate of drug-likeness (QED) is 0.716. The molecule has 0 saturated carbocycles. The molecule has 1 atom stereocenters. The molecule has 31 heavy (non-hydrogen) atoms. The molecule has 1 aliphatic heterocycles. The molecule has 2 rings (SSSR count). The van der Waals surface area contributed by atoms with Gasteiger partial charge >= 0.3 is 12.0 Å². The van der Waals surface area contributed by atoms with Crippen molar-refractivity contribution in [1.29, 1.82) is 0 Å². The number of urea groups is 1. The van der Waals surface area contributed by atoms with Gasteiger partial charge in [0.05, 0.1) is 12.3 Å². The Morgan fingerprint density at radius 2 is 1.84 bits per heavy atom. The number of hydrogen-bond acceptors (Lipinski definition) is 6. The molecule has 0 aliphatic carbocycles. The van der Waals surface area contributed by atoms with Crippen LogP contribution in [0.5, 0.6) is 0 Å². The molecular formula is C22H35N5O4. The van der Waals surface area contributed by atoms with Crippen LogP contribution in [0, 0.1) is 6.92 Å². The highest BCUT2D eigenvalue weighted by molar-refractivity contribution is 6.04. The number of nitrogens with one attached hydrogen (secondary N) is 1. The molecular weight excluding hydrogens is 398 g/mol. The lowest BCUT2D eigenvalue weighted by atomic mass is 10.1. The molecule has 0 aromatic carbocycles. The minimum atomic E-state index is -0.578. The number of rotatable bonds is 5. The van der Waals surface area contributed by atoms with E-state index in [4.69, 9.17) is 4.74 Å². The van der Waals surface area contributed by atoms with Gasteiger partial charge in [0.1, 0.15) is 17.1 Å². The Hall–Kier alpha value is -2.71. The minimum Gasteiger partial charge on any atom is -0.462 e. The average Bonchev–Trinajstić information content (AvgIpc) is 2.65. The van der Waals surface area contributed by atoms with Crippen molar-refractivity contribution in [2.75, 3.05) is 26.2 Å². The second kappa shape index (κ2) is 10.1. The molecule has 1 aromatic heterocycles. The lowest BCUT2D eigenvalue weighted by Gasteiger charge is -2.41. The maximum absolute atomic E-state index is 13.4. The molecule has 0 radical (unpaired) electrons. The maximum Gasteiger partial charge on any atom is 0.342 e. The first-order valence-corrected chi connectivity index (χ1v) is 10.9. The van der Waals surface area contributed by atoms with Crippen LogP contribution in [-0.4, -0.2) is 75.5 Å². The van der Waals surface area contributed by atoms with E-state index in [0.717, 1.165) is 6.42 Å². The molecule has 0 bridgehead atoms. The van der Waals surface area contributed by atoms with Crippen molar-refractivity contribution in [3.63, 3.8) is 0 Å². The first-order valence-electron chi connectivity index (χ1n) is 10.9. The highest BCUT2D eigenvalue weighted by atomic mass is 16.5. The topological polar surface area (TPSA) is 105 Å². The van der Waals surface area contributed by atoms with Gasteiger partial charge in [0.25, 0.3) is 5.91 Å². The molecule has 1 unspecified atom stereocenters. The number of carbonyl (C=O) groups excluding carboxylic acids is 3. The lowest BCUT2D eigenvalue weighted by Crippen LogP contribution is -2.59. The zero-order chi connectivity index (χ0) is 23.3. The van der Waals surface area contributed by atoms with E-state index in [1.54, 1.807) is 23.6 Å². The second-order valence-electron chi connectivity index (χ2n) is 8.89. The standard InChI is InChI=1S/C22H35N5O4/c1-8-10-16-17(20(29)31-9-2)18(24-15(4)23-16)19(28)26-11-12-27(14(3)13-26)21(30)25-22(5,6)7/h14H,8-13H2,1-7H3,(H,25,30). The normalized spacial score (nSPS) is 16.8. The van der Waals surface area contributed by atoms with Crippen LogP contribution in [-0.2, 0) is 11.2 Å². The fourth-order valence-corrected chi connectivity index (χ4v) is 3.61. The van der Waals surface area contributed by atoms with Gasteiger partial charge in [0.2, 0.25) is 0 Å². The van der Waals surface area contributed by atoms with E-state index in [-0.39, 0.29) is 41.4 Å². The fraction of sp³-hybridized carbons (Fsp3) is 0.682. The third-order valence-corrected chi connectivity index (χ3v) is 4.92. The average molecular weight is 434 g/mol. The van der Waals surface area contributed by atoms with Crippen molar-refractivity contribution in [1.82, 2.24) is 25.1 Å². The predicted molar refractivity (Wildman–Crippen MR) is 117 cm³/mol. The van der Waals surface area contributed by atoms with E-state index >= 15 is 0 Å². The maximum atomic E-state index is 13.4. The Morgan fingerprint density at radius 3 is 2.39 bits per heavy atom. The number of aromatic nitrogens is 2. The molecule has 9 nitrogen and oxygen atoms in total. The third kappa shape index (κ3) is 6.15. The van der Waals surface area contributed by atoms with Crippen LogP contribution in [0.25, 0.3) is 0 Å². The molecule has 1 aromatic rings. The summed E-state index contributed by atoms with van der Waals surface area (Å²) in [6.45, 7) is 14.4. The zero-order valence-corrected chi connectivity index (χ0v) is 19.7. The summed E-state index contributed by atoms with van der Waals surface area (Å²) >= 11 is 0. The molecule has 1 fully saturated rings. The van der Waals surface area contributed by atoms with Crippen LogP contribution in [0.2, 0.25) is 0 Å². The summed E-state index contributed by atoms with van der Waals surface area (Å²) in [4.78, 5) is 50.7. The van der Waals surface area contributed by atoms with Crippen molar-refractivity contribution in [2.24, 2.45) is 0 Å². The van der Waals surface area contributed by atoms with Crippen LogP contribution in [0.15, 0.2) is 0 Å². The van der Waals surface area contributed by atoms with Gasteiger partial charge in [0, 0.05) is 31.2 Å². The summed E-state index contributed by atoms with van der Waals surface area (Å²) in [6.07, 6.45) is 1.32. The molecule has 9 heteroatoms. The molecule has 1 saturated heterocycles. The van der Waals surface area contributed by atoms with Gasteiger partial charge in [-0.25, -0.2) is 19.6 Å². The predicted octanol–water partition coefficient (Wildman–Crippen LogP) is 2.57. The van der Waals surface area contributed by atoms with E-state index in [1.165, 1.54) is 0 Å². The summed E-state index contributed by atoms with van der Waals surface area (Å²) < 4.78 is 5.20. The first kappa shape index (κ1) is 24.6. The van der Waals surface area contributed by atoms with Crippen molar-refractivity contribution >= 4 is 17.9 Å². The van der Waals surface area contributed by atoms with E-state index in [9.17, 15) is 14.4 Å². The van der Waals surface area contributed by atoms with Gasteiger partial charge in [0.15, 0.2) is 0 Å². The Balaban J connectivity index is 2.29. The van der Waals surface area contributed by atoms with E-state index in [2.05, 4.69) is 15.3 Å². The SMILES string of the molecule is CCCc1nc(C)nc(C(=O)N2CCN(C(=O)NC(C)(C)C)C(C)C2)c1C(=O)OCC. The van der Waals surface area contributed by atoms with Gasteiger partial charge in [-0.05, 0) is 48.0 Å². The Kier molecular flexibility index (Phi) is 7.97. The number of esters is 1. The monoisotopic (exact) mass is 433 g/mol. The third-order valence-electron chi connectivity index (χ3n) is 4.92.